The molecule has 1 aromatic rings. The first-order chi connectivity index (χ1) is 7.99. The van der Waals surface area contributed by atoms with Crippen LogP contribution in [0.2, 0.25) is 0 Å². The van der Waals surface area contributed by atoms with E-state index in [1.807, 2.05) is 24.3 Å². The quantitative estimate of drug-likeness (QED) is 0.809. The summed E-state index contributed by atoms with van der Waals surface area (Å²) in [4.78, 5) is 11.9. The van der Waals surface area contributed by atoms with Crippen LogP contribution in [0.15, 0.2) is 24.3 Å². The van der Waals surface area contributed by atoms with Crippen LogP contribution in [0.1, 0.15) is 39.2 Å². The van der Waals surface area contributed by atoms with Crippen molar-refractivity contribution in [2.24, 2.45) is 0 Å². The molecule has 0 saturated carbocycles. The maximum Gasteiger partial charge on any atom is 0.224 e. The number of anilines is 1. The molecule has 3 N–H and O–H groups in total. The molecule has 1 rings (SSSR count). The van der Waals surface area contributed by atoms with Crippen LogP contribution in [0.25, 0.3) is 0 Å². The van der Waals surface area contributed by atoms with Crippen LogP contribution < -0.4 is 11.1 Å². The third-order valence-electron chi connectivity index (χ3n) is 3.35. The number of nitrogens with two attached hydrogens (primary N) is 1. The molecule has 0 radical (unpaired) electrons. The van der Waals surface area contributed by atoms with Crippen molar-refractivity contribution in [3.8, 4) is 0 Å². The Balaban J connectivity index is 0.00000289. The summed E-state index contributed by atoms with van der Waals surface area (Å²) in [6.45, 7) is 6.26. The minimum atomic E-state index is -0.0924. The predicted octanol–water partition coefficient (Wildman–Crippen LogP) is 2.93. The van der Waals surface area contributed by atoms with E-state index in [9.17, 15) is 4.79 Å². The Morgan fingerprint density at radius 1 is 1.22 bits per heavy atom. The van der Waals surface area contributed by atoms with Gasteiger partial charge in [-0.05, 0) is 37.5 Å². The maximum absolute atomic E-state index is 11.9. The van der Waals surface area contributed by atoms with Gasteiger partial charge in [0.25, 0.3) is 0 Å². The Bertz CT molecular complexity index is 372. The number of nitrogens with one attached hydrogen (secondary N) is 1. The van der Waals surface area contributed by atoms with Crippen molar-refractivity contribution in [3.63, 3.8) is 0 Å². The van der Waals surface area contributed by atoms with Crippen molar-refractivity contribution < 1.29 is 4.79 Å². The summed E-state index contributed by atoms with van der Waals surface area (Å²) in [5.41, 5.74) is 7.22. The van der Waals surface area contributed by atoms with Gasteiger partial charge in [-0.3, -0.25) is 4.79 Å². The molecule has 0 aromatic heterocycles. The molecule has 0 aliphatic carbocycles. The molecular formula is C14H23ClN2O. The van der Waals surface area contributed by atoms with Gasteiger partial charge in [-0.2, -0.15) is 0 Å². The average Bonchev–Trinajstić information content (AvgIpc) is 2.32. The number of benzene rings is 1. The number of hydrogen-bond acceptors (Lipinski definition) is 2. The SMILES string of the molecule is CCC(C)(CC)NC(=O)Cc1ccc(N)cc1.Cl. The minimum Gasteiger partial charge on any atom is -0.399 e. The summed E-state index contributed by atoms with van der Waals surface area (Å²) in [6.07, 6.45) is 2.30. The van der Waals surface area contributed by atoms with Gasteiger partial charge in [-0.1, -0.05) is 26.0 Å². The topological polar surface area (TPSA) is 55.1 Å². The molecule has 0 atom stereocenters. The van der Waals surface area contributed by atoms with E-state index in [1.54, 1.807) is 0 Å². The van der Waals surface area contributed by atoms with Gasteiger partial charge in [0.1, 0.15) is 0 Å². The largest absolute Gasteiger partial charge is 0.399 e. The van der Waals surface area contributed by atoms with Gasteiger partial charge in [-0.25, -0.2) is 0 Å². The lowest BCUT2D eigenvalue weighted by molar-refractivity contribution is -0.122. The zero-order chi connectivity index (χ0) is 12.9. The van der Waals surface area contributed by atoms with Gasteiger partial charge in [-0.15, -0.1) is 12.4 Å². The highest BCUT2D eigenvalue weighted by molar-refractivity contribution is 5.85. The normalized spacial score (nSPS) is 10.6. The standard InChI is InChI=1S/C14H22N2O.ClH/c1-4-14(3,5-2)16-13(17)10-11-6-8-12(15)9-7-11;/h6-9H,4-5,10,15H2,1-3H3,(H,16,17);1H. The second-order valence-corrected chi connectivity index (χ2v) is 4.73. The molecular weight excluding hydrogens is 248 g/mol. The number of halogens is 1. The van der Waals surface area contributed by atoms with Crippen molar-refractivity contribution in [2.45, 2.75) is 45.6 Å². The number of carbonyl (C=O) groups excluding carboxylic acids is 1. The molecule has 0 saturated heterocycles. The molecule has 1 amide bonds. The molecule has 0 fully saturated rings. The molecule has 0 bridgehead atoms. The summed E-state index contributed by atoms with van der Waals surface area (Å²) < 4.78 is 0. The average molecular weight is 271 g/mol. The number of amides is 1. The van der Waals surface area contributed by atoms with E-state index in [0.717, 1.165) is 24.1 Å². The fraction of sp³-hybridized carbons (Fsp3) is 0.500. The Morgan fingerprint density at radius 2 is 1.72 bits per heavy atom. The van der Waals surface area contributed by atoms with Crippen LogP contribution in [0.5, 0.6) is 0 Å². The van der Waals surface area contributed by atoms with Crippen LogP contribution in [0, 0.1) is 0 Å². The molecule has 0 unspecified atom stereocenters. The fourth-order valence-electron chi connectivity index (χ4n) is 1.63. The predicted molar refractivity (Wildman–Crippen MR) is 78.9 cm³/mol. The molecule has 0 aliphatic rings. The highest BCUT2D eigenvalue weighted by Gasteiger charge is 2.21. The van der Waals surface area contributed by atoms with Crippen LogP contribution in [0.3, 0.4) is 0 Å². The first-order valence-electron chi connectivity index (χ1n) is 6.14. The van der Waals surface area contributed by atoms with E-state index < -0.39 is 0 Å². The fourth-order valence-corrected chi connectivity index (χ4v) is 1.63. The molecule has 1 aromatic carbocycles. The molecule has 0 heterocycles. The van der Waals surface area contributed by atoms with Gasteiger partial charge in [0, 0.05) is 11.2 Å². The molecule has 4 heteroatoms. The summed E-state index contributed by atoms with van der Waals surface area (Å²) in [5, 5.41) is 3.09. The molecule has 18 heavy (non-hydrogen) atoms. The molecule has 3 nitrogen and oxygen atoms in total. The number of nitrogen functional groups attached to an aromatic ring is 1. The van der Waals surface area contributed by atoms with Gasteiger partial charge in [0.05, 0.1) is 6.42 Å². The van der Waals surface area contributed by atoms with Crippen LogP contribution in [-0.4, -0.2) is 11.4 Å². The minimum absolute atomic E-state index is 0. The lowest BCUT2D eigenvalue weighted by atomic mass is 9.95. The van der Waals surface area contributed by atoms with Gasteiger partial charge in [0.2, 0.25) is 5.91 Å². The first-order valence-corrected chi connectivity index (χ1v) is 6.14. The molecule has 102 valence electrons. The maximum atomic E-state index is 11.9. The molecule has 0 spiro atoms. The first kappa shape index (κ1) is 16.8. The zero-order valence-electron chi connectivity index (χ0n) is 11.3. The van der Waals surface area contributed by atoms with Crippen LogP contribution >= 0.6 is 12.4 Å². The summed E-state index contributed by atoms with van der Waals surface area (Å²) in [7, 11) is 0. The van der Waals surface area contributed by atoms with E-state index in [2.05, 4.69) is 26.1 Å². The lowest BCUT2D eigenvalue weighted by Gasteiger charge is -2.28. The third-order valence-corrected chi connectivity index (χ3v) is 3.35. The number of carbonyl (C=O) groups is 1. The number of rotatable bonds is 5. The summed E-state index contributed by atoms with van der Waals surface area (Å²) >= 11 is 0. The van der Waals surface area contributed by atoms with Crippen LogP contribution in [0.4, 0.5) is 5.69 Å². The van der Waals surface area contributed by atoms with Gasteiger partial charge < -0.3 is 11.1 Å². The van der Waals surface area contributed by atoms with Crippen molar-refractivity contribution >= 4 is 24.0 Å². The summed E-state index contributed by atoms with van der Waals surface area (Å²) in [5.74, 6) is 0.0703. The van der Waals surface area contributed by atoms with Crippen molar-refractivity contribution in [2.75, 3.05) is 5.73 Å². The Kier molecular flexibility index (Phi) is 6.77. The second-order valence-electron chi connectivity index (χ2n) is 4.73. The highest BCUT2D eigenvalue weighted by atomic mass is 35.5. The van der Waals surface area contributed by atoms with E-state index in [0.29, 0.717) is 6.42 Å². The Labute approximate surface area is 116 Å². The lowest BCUT2D eigenvalue weighted by Crippen LogP contribution is -2.45. The second kappa shape index (κ2) is 7.27. The third kappa shape index (κ3) is 4.96. The Morgan fingerprint density at radius 3 is 2.17 bits per heavy atom. The van der Waals surface area contributed by atoms with E-state index in [-0.39, 0.29) is 23.9 Å². The zero-order valence-corrected chi connectivity index (χ0v) is 12.1. The van der Waals surface area contributed by atoms with Crippen molar-refractivity contribution in [1.82, 2.24) is 5.32 Å². The number of hydrogen-bond donors (Lipinski definition) is 2. The summed E-state index contributed by atoms with van der Waals surface area (Å²) in [6, 6.07) is 7.43. The van der Waals surface area contributed by atoms with Crippen molar-refractivity contribution in [1.29, 1.82) is 0 Å². The molecule has 0 aliphatic heterocycles. The monoisotopic (exact) mass is 270 g/mol. The van der Waals surface area contributed by atoms with Gasteiger partial charge >= 0.3 is 0 Å². The van der Waals surface area contributed by atoms with Crippen molar-refractivity contribution in [3.05, 3.63) is 29.8 Å². The van der Waals surface area contributed by atoms with E-state index in [4.69, 9.17) is 5.73 Å². The van der Waals surface area contributed by atoms with Gasteiger partial charge in [0.15, 0.2) is 0 Å². The van der Waals surface area contributed by atoms with E-state index >= 15 is 0 Å². The smallest absolute Gasteiger partial charge is 0.224 e. The Hall–Kier alpha value is -1.22. The van der Waals surface area contributed by atoms with E-state index in [1.165, 1.54) is 0 Å². The highest BCUT2D eigenvalue weighted by Crippen LogP contribution is 2.14. The van der Waals surface area contributed by atoms with Crippen LogP contribution in [-0.2, 0) is 11.2 Å².